The minimum atomic E-state index is -0.861. The molecule has 0 radical (unpaired) electrons. The number of rotatable bonds is 4. The number of carboxylic acid groups (broad SMARTS) is 1. The van der Waals surface area contributed by atoms with Gasteiger partial charge in [-0.1, -0.05) is 12.1 Å². The van der Waals surface area contributed by atoms with E-state index in [1.807, 2.05) is 31.2 Å². The monoisotopic (exact) mass is 263 g/mol. The number of methoxy groups -OCH3 is 1. The molecule has 2 rings (SSSR count). The molecule has 1 N–H and O–H groups in total. The van der Waals surface area contributed by atoms with Crippen molar-refractivity contribution in [2.45, 2.75) is 13.3 Å². The first-order chi connectivity index (χ1) is 8.60. The first-order valence-electron chi connectivity index (χ1n) is 5.42. The predicted molar refractivity (Wildman–Crippen MR) is 70.2 cm³/mol. The number of carboxylic acids is 1. The topological polar surface area (TPSA) is 59.4 Å². The maximum absolute atomic E-state index is 10.7. The van der Waals surface area contributed by atoms with Gasteiger partial charge in [-0.2, -0.15) is 0 Å². The average molecular weight is 263 g/mol. The van der Waals surface area contributed by atoms with Crippen molar-refractivity contribution in [3.63, 3.8) is 0 Å². The Balaban J connectivity index is 2.35. The fourth-order valence-electron chi connectivity index (χ4n) is 1.61. The van der Waals surface area contributed by atoms with Crippen LogP contribution in [0.1, 0.15) is 10.6 Å². The van der Waals surface area contributed by atoms with Gasteiger partial charge in [0.1, 0.15) is 10.8 Å². The lowest BCUT2D eigenvalue weighted by atomic mass is 10.2. The van der Waals surface area contributed by atoms with Gasteiger partial charge in [0.05, 0.1) is 19.2 Å². The van der Waals surface area contributed by atoms with Gasteiger partial charge in [-0.15, -0.1) is 11.3 Å². The van der Waals surface area contributed by atoms with Crippen molar-refractivity contribution in [3.8, 4) is 16.3 Å². The molecule has 0 amide bonds. The standard InChI is InChI=1S/C13H13NO3S/c1-8-11(7-12(15)16)14-13(18-8)9-4-3-5-10(6-9)17-2/h3-6H,7H2,1-2H3,(H,15,16). The van der Waals surface area contributed by atoms with Gasteiger partial charge in [0.15, 0.2) is 0 Å². The third-order valence-electron chi connectivity index (χ3n) is 2.53. The minimum absolute atomic E-state index is 0.0354. The van der Waals surface area contributed by atoms with Crippen LogP contribution in [0.3, 0.4) is 0 Å². The van der Waals surface area contributed by atoms with Gasteiger partial charge in [0.2, 0.25) is 0 Å². The van der Waals surface area contributed by atoms with E-state index in [2.05, 4.69) is 4.98 Å². The van der Waals surface area contributed by atoms with Crippen LogP contribution in [0.2, 0.25) is 0 Å². The molecular formula is C13H13NO3S. The van der Waals surface area contributed by atoms with E-state index in [0.29, 0.717) is 5.69 Å². The highest BCUT2D eigenvalue weighted by molar-refractivity contribution is 7.15. The second-order valence-electron chi connectivity index (χ2n) is 3.82. The van der Waals surface area contributed by atoms with Crippen LogP contribution < -0.4 is 4.74 Å². The highest BCUT2D eigenvalue weighted by Gasteiger charge is 2.12. The van der Waals surface area contributed by atoms with E-state index >= 15 is 0 Å². The Labute approximate surface area is 109 Å². The molecule has 0 unspecified atom stereocenters. The Morgan fingerprint density at radius 2 is 2.28 bits per heavy atom. The molecule has 94 valence electrons. The Bertz CT molecular complexity index is 577. The number of hydrogen-bond donors (Lipinski definition) is 1. The first kappa shape index (κ1) is 12.6. The van der Waals surface area contributed by atoms with Gasteiger partial charge in [-0.3, -0.25) is 4.79 Å². The molecule has 0 aliphatic rings. The number of nitrogens with zero attached hydrogens (tertiary/aromatic N) is 1. The summed E-state index contributed by atoms with van der Waals surface area (Å²) in [6, 6.07) is 7.58. The van der Waals surface area contributed by atoms with Crippen molar-refractivity contribution in [1.82, 2.24) is 4.98 Å². The Hall–Kier alpha value is -1.88. The SMILES string of the molecule is COc1cccc(-c2nc(CC(=O)O)c(C)s2)c1. The molecule has 4 nitrogen and oxygen atoms in total. The highest BCUT2D eigenvalue weighted by atomic mass is 32.1. The van der Waals surface area contributed by atoms with Crippen molar-refractivity contribution in [3.05, 3.63) is 34.8 Å². The molecule has 0 saturated carbocycles. The summed E-state index contributed by atoms with van der Waals surface area (Å²) < 4.78 is 5.16. The Morgan fingerprint density at radius 1 is 1.50 bits per heavy atom. The van der Waals surface area contributed by atoms with E-state index in [1.54, 1.807) is 7.11 Å². The van der Waals surface area contributed by atoms with Crippen LogP contribution in [0.15, 0.2) is 24.3 Å². The summed E-state index contributed by atoms with van der Waals surface area (Å²) in [4.78, 5) is 16.0. The van der Waals surface area contributed by atoms with Gasteiger partial charge in [0.25, 0.3) is 0 Å². The highest BCUT2D eigenvalue weighted by Crippen LogP contribution is 2.29. The minimum Gasteiger partial charge on any atom is -0.497 e. The molecule has 18 heavy (non-hydrogen) atoms. The van der Waals surface area contributed by atoms with Crippen molar-refractivity contribution in [1.29, 1.82) is 0 Å². The van der Waals surface area contributed by atoms with Crippen molar-refractivity contribution >= 4 is 17.3 Å². The lowest BCUT2D eigenvalue weighted by molar-refractivity contribution is -0.136. The Kier molecular flexibility index (Phi) is 3.62. The third-order valence-corrected chi connectivity index (χ3v) is 3.59. The summed E-state index contributed by atoms with van der Waals surface area (Å²) in [7, 11) is 1.61. The summed E-state index contributed by atoms with van der Waals surface area (Å²) in [5.74, 6) is -0.0965. The predicted octanol–water partition coefficient (Wildman–Crippen LogP) is 2.75. The largest absolute Gasteiger partial charge is 0.497 e. The van der Waals surface area contributed by atoms with Crippen molar-refractivity contribution in [2.75, 3.05) is 7.11 Å². The van der Waals surface area contributed by atoms with Gasteiger partial charge in [-0.25, -0.2) is 4.98 Å². The maximum Gasteiger partial charge on any atom is 0.309 e. The van der Waals surface area contributed by atoms with Crippen LogP contribution in [-0.2, 0) is 11.2 Å². The molecule has 0 bridgehead atoms. The van der Waals surface area contributed by atoms with Crippen LogP contribution >= 0.6 is 11.3 Å². The molecule has 0 saturated heterocycles. The summed E-state index contributed by atoms with van der Waals surface area (Å²) in [5, 5.41) is 9.62. The van der Waals surface area contributed by atoms with Crippen LogP contribution in [0.25, 0.3) is 10.6 Å². The van der Waals surface area contributed by atoms with E-state index in [0.717, 1.165) is 21.2 Å². The van der Waals surface area contributed by atoms with Crippen LogP contribution in [0.4, 0.5) is 0 Å². The second kappa shape index (κ2) is 5.18. The molecule has 1 heterocycles. The van der Waals surface area contributed by atoms with E-state index in [-0.39, 0.29) is 6.42 Å². The smallest absolute Gasteiger partial charge is 0.309 e. The summed E-state index contributed by atoms with van der Waals surface area (Å²) in [6.45, 7) is 1.89. The molecule has 0 spiro atoms. The number of benzene rings is 1. The molecule has 0 fully saturated rings. The zero-order valence-corrected chi connectivity index (χ0v) is 11.0. The third kappa shape index (κ3) is 2.68. The molecule has 0 atom stereocenters. The average Bonchev–Trinajstić information content (AvgIpc) is 2.70. The zero-order chi connectivity index (χ0) is 13.1. The van der Waals surface area contributed by atoms with Crippen LogP contribution in [0, 0.1) is 6.92 Å². The second-order valence-corrected chi connectivity index (χ2v) is 5.03. The van der Waals surface area contributed by atoms with Gasteiger partial charge < -0.3 is 9.84 Å². The molecule has 0 aliphatic heterocycles. The summed E-state index contributed by atoms with van der Waals surface area (Å²) in [5.41, 5.74) is 1.57. The van der Waals surface area contributed by atoms with E-state index in [4.69, 9.17) is 9.84 Å². The fraction of sp³-hybridized carbons (Fsp3) is 0.231. The molecule has 0 aliphatic carbocycles. The number of aromatic nitrogens is 1. The zero-order valence-electron chi connectivity index (χ0n) is 10.1. The number of thiazole rings is 1. The van der Waals surface area contributed by atoms with E-state index in [1.165, 1.54) is 11.3 Å². The van der Waals surface area contributed by atoms with Gasteiger partial charge >= 0.3 is 5.97 Å². The van der Waals surface area contributed by atoms with Gasteiger partial charge in [0, 0.05) is 10.4 Å². The van der Waals surface area contributed by atoms with Crippen molar-refractivity contribution in [2.24, 2.45) is 0 Å². The first-order valence-corrected chi connectivity index (χ1v) is 6.24. The quantitative estimate of drug-likeness (QED) is 0.921. The number of aryl methyl sites for hydroxylation is 1. The van der Waals surface area contributed by atoms with Gasteiger partial charge in [-0.05, 0) is 19.1 Å². The molecule has 1 aromatic heterocycles. The molecule has 5 heteroatoms. The summed E-state index contributed by atoms with van der Waals surface area (Å²) >= 11 is 1.50. The van der Waals surface area contributed by atoms with E-state index < -0.39 is 5.97 Å². The van der Waals surface area contributed by atoms with E-state index in [9.17, 15) is 4.79 Å². The van der Waals surface area contributed by atoms with Crippen LogP contribution in [-0.4, -0.2) is 23.2 Å². The van der Waals surface area contributed by atoms with Crippen LogP contribution in [0.5, 0.6) is 5.75 Å². The molecular weight excluding hydrogens is 250 g/mol. The fourth-order valence-corrected chi connectivity index (χ4v) is 2.54. The van der Waals surface area contributed by atoms with Crippen molar-refractivity contribution < 1.29 is 14.6 Å². The number of ether oxygens (including phenoxy) is 1. The molecule has 1 aromatic carbocycles. The number of aliphatic carboxylic acids is 1. The summed E-state index contributed by atoms with van der Waals surface area (Å²) in [6.07, 6.45) is -0.0354. The molecule has 2 aromatic rings. The lowest BCUT2D eigenvalue weighted by Gasteiger charge is -2.01. The lowest BCUT2D eigenvalue weighted by Crippen LogP contribution is -2.01. The Morgan fingerprint density at radius 3 is 2.94 bits per heavy atom. The number of carbonyl (C=O) groups is 1. The normalized spacial score (nSPS) is 10.3. The number of hydrogen-bond acceptors (Lipinski definition) is 4. The maximum atomic E-state index is 10.7.